The van der Waals surface area contributed by atoms with E-state index in [1.165, 1.54) is 5.56 Å². The SMILES string of the molecule is CCc1ccc(-c2ncc(C)c(N)n2)cc1. The first kappa shape index (κ1) is 10.6. The Balaban J connectivity index is 2.38. The molecule has 0 saturated heterocycles. The summed E-state index contributed by atoms with van der Waals surface area (Å²) in [5.74, 6) is 1.23. The van der Waals surface area contributed by atoms with Gasteiger partial charge in [-0.2, -0.15) is 0 Å². The van der Waals surface area contributed by atoms with E-state index in [-0.39, 0.29) is 0 Å². The maximum atomic E-state index is 5.76. The van der Waals surface area contributed by atoms with Crippen LogP contribution >= 0.6 is 0 Å². The van der Waals surface area contributed by atoms with Crippen LogP contribution in [0.3, 0.4) is 0 Å². The second kappa shape index (κ2) is 4.31. The number of anilines is 1. The predicted molar refractivity (Wildman–Crippen MR) is 66.0 cm³/mol. The van der Waals surface area contributed by atoms with Gasteiger partial charge in [-0.05, 0) is 18.9 Å². The highest BCUT2D eigenvalue weighted by Crippen LogP contribution is 2.17. The topological polar surface area (TPSA) is 51.8 Å². The molecule has 3 nitrogen and oxygen atoms in total. The molecule has 2 N–H and O–H groups in total. The van der Waals surface area contributed by atoms with Crippen LogP contribution in [-0.4, -0.2) is 9.97 Å². The summed E-state index contributed by atoms with van der Waals surface area (Å²) < 4.78 is 0. The van der Waals surface area contributed by atoms with Crippen molar-refractivity contribution >= 4 is 5.82 Å². The van der Waals surface area contributed by atoms with Gasteiger partial charge in [0.1, 0.15) is 5.82 Å². The lowest BCUT2D eigenvalue weighted by molar-refractivity contribution is 1.13. The van der Waals surface area contributed by atoms with Crippen LogP contribution in [0.25, 0.3) is 11.4 Å². The van der Waals surface area contributed by atoms with Crippen molar-refractivity contribution in [2.75, 3.05) is 5.73 Å². The smallest absolute Gasteiger partial charge is 0.161 e. The van der Waals surface area contributed by atoms with Gasteiger partial charge in [0.2, 0.25) is 0 Å². The highest BCUT2D eigenvalue weighted by molar-refractivity contribution is 5.57. The number of aromatic nitrogens is 2. The van der Waals surface area contributed by atoms with Crippen molar-refractivity contribution in [3.63, 3.8) is 0 Å². The van der Waals surface area contributed by atoms with E-state index in [0.717, 1.165) is 17.5 Å². The van der Waals surface area contributed by atoms with Crippen LogP contribution in [0, 0.1) is 6.92 Å². The molecule has 16 heavy (non-hydrogen) atoms. The van der Waals surface area contributed by atoms with Gasteiger partial charge in [0.15, 0.2) is 5.82 Å². The predicted octanol–water partition coefficient (Wildman–Crippen LogP) is 2.60. The van der Waals surface area contributed by atoms with E-state index >= 15 is 0 Å². The molecular weight excluding hydrogens is 198 g/mol. The Morgan fingerprint density at radius 2 is 1.88 bits per heavy atom. The summed E-state index contributed by atoms with van der Waals surface area (Å²) in [4.78, 5) is 8.54. The van der Waals surface area contributed by atoms with Crippen molar-refractivity contribution in [1.29, 1.82) is 0 Å². The van der Waals surface area contributed by atoms with Gasteiger partial charge in [-0.15, -0.1) is 0 Å². The molecule has 0 radical (unpaired) electrons. The van der Waals surface area contributed by atoms with Crippen molar-refractivity contribution in [2.24, 2.45) is 0 Å². The number of benzene rings is 1. The molecule has 2 aromatic rings. The van der Waals surface area contributed by atoms with Crippen LogP contribution in [0.1, 0.15) is 18.1 Å². The number of hydrogen-bond donors (Lipinski definition) is 1. The van der Waals surface area contributed by atoms with E-state index in [9.17, 15) is 0 Å². The van der Waals surface area contributed by atoms with Gasteiger partial charge in [0.05, 0.1) is 0 Å². The third-order valence-electron chi connectivity index (χ3n) is 2.63. The number of hydrogen-bond acceptors (Lipinski definition) is 3. The van der Waals surface area contributed by atoms with E-state index in [1.54, 1.807) is 6.20 Å². The quantitative estimate of drug-likeness (QED) is 0.834. The van der Waals surface area contributed by atoms with Crippen LogP contribution in [0.5, 0.6) is 0 Å². The van der Waals surface area contributed by atoms with Gasteiger partial charge in [0.25, 0.3) is 0 Å². The van der Waals surface area contributed by atoms with Crippen molar-refractivity contribution in [3.8, 4) is 11.4 Å². The maximum Gasteiger partial charge on any atom is 0.161 e. The van der Waals surface area contributed by atoms with Crippen LogP contribution < -0.4 is 5.73 Å². The Kier molecular flexibility index (Phi) is 2.86. The highest BCUT2D eigenvalue weighted by Gasteiger charge is 2.03. The first-order valence-electron chi connectivity index (χ1n) is 5.39. The summed E-state index contributed by atoms with van der Waals surface area (Å²) in [6.45, 7) is 4.04. The second-order valence-electron chi connectivity index (χ2n) is 3.81. The number of nitrogens with two attached hydrogens (primary N) is 1. The molecule has 0 aliphatic heterocycles. The zero-order chi connectivity index (χ0) is 11.5. The summed E-state index contributed by atoms with van der Waals surface area (Å²) in [6.07, 6.45) is 2.79. The van der Waals surface area contributed by atoms with Crippen molar-refractivity contribution in [3.05, 3.63) is 41.6 Å². The number of nitrogens with zero attached hydrogens (tertiary/aromatic N) is 2. The van der Waals surface area contributed by atoms with Crippen LogP contribution in [0.2, 0.25) is 0 Å². The van der Waals surface area contributed by atoms with E-state index in [1.807, 2.05) is 19.1 Å². The fraction of sp³-hybridized carbons (Fsp3) is 0.231. The summed E-state index contributed by atoms with van der Waals surface area (Å²) in [5.41, 5.74) is 8.99. The molecule has 0 unspecified atom stereocenters. The average Bonchev–Trinajstić information content (AvgIpc) is 2.33. The fourth-order valence-corrected chi connectivity index (χ4v) is 1.48. The van der Waals surface area contributed by atoms with Gasteiger partial charge in [-0.3, -0.25) is 0 Å². The monoisotopic (exact) mass is 213 g/mol. The first-order valence-corrected chi connectivity index (χ1v) is 5.39. The van der Waals surface area contributed by atoms with Crippen LogP contribution in [0.15, 0.2) is 30.5 Å². The highest BCUT2D eigenvalue weighted by atomic mass is 14.9. The second-order valence-corrected chi connectivity index (χ2v) is 3.81. The van der Waals surface area contributed by atoms with Crippen LogP contribution in [0.4, 0.5) is 5.82 Å². The molecule has 0 bridgehead atoms. The minimum absolute atomic E-state index is 0.546. The van der Waals surface area contributed by atoms with Gasteiger partial charge in [0, 0.05) is 17.3 Å². The Morgan fingerprint density at radius 1 is 1.19 bits per heavy atom. The summed E-state index contributed by atoms with van der Waals surface area (Å²) in [6, 6.07) is 8.25. The van der Waals surface area contributed by atoms with E-state index in [0.29, 0.717) is 11.6 Å². The number of nitrogen functional groups attached to an aromatic ring is 1. The summed E-state index contributed by atoms with van der Waals surface area (Å²) >= 11 is 0. The molecule has 1 aromatic heterocycles. The number of aryl methyl sites for hydroxylation is 2. The van der Waals surface area contributed by atoms with E-state index in [4.69, 9.17) is 5.73 Å². The lowest BCUT2D eigenvalue weighted by Gasteiger charge is -2.04. The largest absolute Gasteiger partial charge is 0.383 e. The third-order valence-corrected chi connectivity index (χ3v) is 2.63. The molecule has 1 heterocycles. The molecule has 1 aromatic carbocycles. The molecule has 0 atom stereocenters. The molecule has 0 spiro atoms. The molecule has 82 valence electrons. The van der Waals surface area contributed by atoms with E-state index in [2.05, 4.69) is 29.0 Å². The molecule has 3 heteroatoms. The zero-order valence-electron chi connectivity index (χ0n) is 9.57. The molecule has 0 aliphatic rings. The summed E-state index contributed by atoms with van der Waals surface area (Å²) in [7, 11) is 0. The van der Waals surface area contributed by atoms with Gasteiger partial charge in [-0.25, -0.2) is 9.97 Å². The van der Waals surface area contributed by atoms with Crippen molar-refractivity contribution in [2.45, 2.75) is 20.3 Å². The lowest BCUT2D eigenvalue weighted by Crippen LogP contribution is -1.98. The van der Waals surface area contributed by atoms with Crippen molar-refractivity contribution < 1.29 is 0 Å². The Hall–Kier alpha value is -1.90. The Labute approximate surface area is 95.4 Å². The molecule has 0 fully saturated rings. The Morgan fingerprint density at radius 3 is 2.44 bits per heavy atom. The Bertz CT molecular complexity index is 489. The maximum absolute atomic E-state index is 5.76. The van der Waals surface area contributed by atoms with E-state index < -0.39 is 0 Å². The van der Waals surface area contributed by atoms with Gasteiger partial charge < -0.3 is 5.73 Å². The lowest BCUT2D eigenvalue weighted by atomic mass is 10.1. The first-order chi connectivity index (χ1) is 7.70. The minimum Gasteiger partial charge on any atom is -0.383 e. The van der Waals surface area contributed by atoms with Gasteiger partial charge in [-0.1, -0.05) is 31.2 Å². The molecule has 2 rings (SSSR count). The van der Waals surface area contributed by atoms with Crippen molar-refractivity contribution in [1.82, 2.24) is 9.97 Å². The molecular formula is C13H15N3. The number of rotatable bonds is 2. The fourth-order valence-electron chi connectivity index (χ4n) is 1.48. The molecule has 0 amide bonds. The normalized spacial score (nSPS) is 10.4. The third kappa shape index (κ3) is 2.03. The zero-order valence-corrected chi connectivity index (χ0v) is 9.57. The van der Waals surface area contributed by atoms with Crippen LogP contribution in [-0.2, 0) is 6.42 Å². The standard InChI is InChI=1S/C13H15N3/c1-3-10-4-6-11(7-5-10)13-15-8-9(2)12(14)16-13/h4-8H,3H2,1-2H3,(H2,14,15,16). The average molecular weight is 213 g/mol. The minimum atomic E-state index is 0.546. The molecule has 0 aliphatic carbocycles. The van der Waals surface area contributed by atoms with Gasteiger partial charge >= 0.3 is 0 Å². The molecule has 0 saturated carbocycles. The summed E-state index contributed by atoms with van der Waals surface area (Å²) in [5, 5.41) is 0.